The van der Waals surface area contributed by atoms with Crippen molar-refractivity contribution in [1.82, 2.24) is 25.5 Å². The zero-order chi connectivity index (χ0) is 18.4. The quantitative estimate of drug-likeness (QED) is 0.728. The van der Waals surface area contributed by atoms with Gasteiger partial charge in [0, 0.05) is 35.4 Å². The molecule has 1 aromatic carbocycles. The number of halogens is 1. The molecule has 0 aliphatic carbocycles. The number of phenolic OH excluding ortho intramolecular Hbond substituents is 1. The van der Waals surface area contributed by atoms with Gasteiger partial charge in [-0.1, -0.05) is 0 Å². The van der Waals surface area contributed by atoms with Crippen molar-refractivity contribution < 1.29 is 9.50 Å². The van der Waals surface area contributed by atoms with Gasteiger partial charge in [0.05, 0.1) is 6.20 Å². The Labute approximate surface area is 155 Å². The maximum atomic E-state index is 14.5. The van der Waals surface area contributed by atoms with E-state index in [4.69, 9.17) is 0 Å². The lowest BCUT2D eigenvalue weighted by molar-refractivity contribution is 0.270. The Balaban J connectivity index is 1.45. The van der Waals surface area contributed by atoms with Crippen LogP contribution in [0.5, 0.6) is 5.75 Å². The minimum absolute atomic E-state index is 0.0914. The van der Waals surface area contributed by atoms with Crippen LogP contribution in [0.2, 0.25) is 0 Å². The Morgan fingerprint density at radius 3 is 2.93 bits per heavy atom. The Bertz CT molecular complexity index is 1040. The first-order valence-electron chi connectivity index (χ1n) is 9.05. The monoisotopic (exact) mass is 363 g/mol. The van der Waals surface area contributed by atoms with Crippen LogP contribution in [0, 0.1) is 0 Å². The van der Waals surface area contributed by atoms with Crippen LogP contribution in [-0.4, -0.2) is 43.5 Å². The fraction of sp³-hybridized carbons (Fsp3) is 0.300. The smallest absolute Gasteiger partial charge is 0.174 e. The van der Waals surface area contributed by atoms with Crippen LogP contribution in [0.15, 0.2) is 42.4 Å². The first-order valence-corrected chi connectivity index (χ1v) is 9.05. The van der Waals surface area contributed by atoms with Gasteiger partial charge in [-0.3, -0.25) is 4.98 Å². The van der Waals surface area contributed by atoms with Gasteiger partial charge in [-0.15, -0.1) is 10.2 Å². The molecule has 2 bridgehead atoms. The van der Waals surface area contributed by atoms with Gasteiger partial charge in [0.1, 0.15) is 17.6 Å². The first-order chi connectivity index (χ1) is 13.2. The number of rotatable bonds is 2. The van der Waals surface area contributed by atoms with Crippen LogP contribution in [0.4, 0.5) is 4.39 Å². The molecule has 136 valence electrons. The Morgan fingerprint density at radius 1 is 1.15 bits per heavy atom. The molecule has 4 heterocycles. The van der Waals surface area contributed by atoms with Crippen molar-refractivity contribution in [3.63, 3.8) is 0 Å². The predicted molar refractivity (Wildman–Crippen MR) is 99.7 cm³/mol. The van der Waals surface area contributed by atoms with E-state index in [0.29, 0.717) is 29.5 Å². The molecule has 0 unspecified atom stereocenters. The summed E-state index contributed by atoms with van der Waals surface area (Å²) in [5.41, 5.74) is 1.75. The summed E-state index contributed by atoms with van der Waals surface area (Å²) in [6, 6.07) is 5.60. The number of hydrogen-bond acceptors (Lipinski definition) is 6. The summed E-state index contributed by atoms with van der Waals surface area (Å²) in [7, 11) is 0. The van der Waals surface area contributed by atoms with Crippen molar-refractivity contribution in [2.75, 3.05) is 0 Å². The SMILES string of the molecule is Oc1cc2cnccc2cc1-c1cnc(/C=C2/C[C@@H]3CC[C@@H](N3)[C@H]2F)nn1. The largest absolute Gasteiger partial charge is 0.507 e. The molecule has 2 aliphatic heterocycles. The molecule has 2 N–H and O–H groups in total. The fourth-order valence-electron chi connectivity index (χ4n) is 4.00. The molecule has 0 amide bonds. The zero-order valence-corrected chi connectivity index (χ0v) is 14.5. The summed E-state index contributed by atoms with van der Waals surface area (Å²) >= 11 is 0. The Kier molecular flexibility index (Phi) is 3.82. The molecule has 6 nitrogen and oxygen atoms in total. The molecule has 0 spiro atoms. The van der Waals surface area contributed by atoms with Crippen molar-refractivity contribution in [1.29, 1.82) is 0 Å². The molecule has 5 rings (SSSR count). The normalized spacial score (nSPS) is 26.0. The molecule has 2 aliphatic rings. The highest BCUT2D eigenvalue weighted by Crippen LogP contribution is 2.34. The number of aromatic nitrogens is 4. The topological polar surface area (TPSA) is 83.8 Å². The van der Waals surface area contributed by atoms with Crippen molar-refractivity contribution in [3.05, 3.63) is 48.2 Å². The van der Waals surface area contributed by atoms with Gasteiger partial charge in [0.15, 0.2) is 5.82 Å². The summed E-state index contributed by atoms with van der Waals surface area (Å²) in [6.07, 6.45) is 8.23. The second-order valence-electron chi connectivity index (χ2n) is 7.17. The Morgan fingerprint density at radius 2 is 2.07 bits per heavy atom. The van der Waals surface area contributed by atoms with E-state index in [1.165, 1.54) is 0 Å². The number of fused-ring (bicyclic) bond motifs is 3. The maximum absolute atomic E-state index is 14.5. The lowest BCUT2D eigenvalue weighted by Gasteiger charge is -2.27. The highest BCUT2D eigenvalue weighted by molar-refractivity contribution is 5.89. The van der Waals surface area contributed by atoms with Crippen molar-refractivity contribution in [3.8, 4) is 17.0 Å². The fourth-order valence-corrected chi connectivity index (χ4v) is 4.00. The van der Waals surface area contributed by atoms with Gasteiger partial charge in [-0.25, -0.2) is 9.37 Å². The minimum Gasteiger partial charge on any atom is -0.507 e. The van der Waals surface area contributed by atoms with E-state index in [1.807, 2.05) is 12.1 Å². The van der Waals surface area contributed by atoms with E-state index in [2.05, 4.69) is 25.5 Å². The van der Waals surface area contributed by atoms with Gasteiger partial charge >= 0.3 is 0 Å². The van der Waals surface area contributed by atoms with Crippen molar-refractivity contribution >= 4 is 16.8 Å². The van der Waals surface area contributed by atoms with Crippen LogP contribution in [0.25, 0.3) is 28.1 Å². The number of aromatic hydroxyl groups is 1. The van der Waals surface area contributed by atoms with Gasteiger partial charge in [-0.2, -0.15) is 0 Å². The standard InChI is InChI=1S/C20H18FN5O/c21-20-12(5-14-1-2-16(20)24-14)8-19-23-10-17(25-26-19)15-6-11-3-4-22-9-13(11)7-18(15)27/h3-4,6-10,14,16,20,24,27H,1-2,5H2/b12-8-/t14-,16+,20-/m0/s1. The Hall–Kier alpha value is -2.93. The van der Waals surface area contributed by atoms with Crippen LogP contribution in [-0.2, 0) is 0 Å². The average Bonchev–Trinajstić information content (AvgIpc) is 3.10. The van der Waals surface area contributed by atoms with E-state index < -0.39 is 6.17 Å². The van der Waals surface area contributed by atoms with Crippen LogP contribution in [0.3, 0.4) is 0 Å². The van der Waals surface area contributed by atoms with Crippen LogP contribution in [0.1, 0.15) is 25.1 Å². The lowest BCUT2D eigenvalue weighted by atomic mass is 9.96. The second kappa shape index (κ2) is 6.35. The number of alkyl halides is 1. The molecule has 2 aromatic heterocycles. The summed E-state index contributed by atoms with van der Waals surface area (Å²) in [5, 5.41) is 23.7. The van der Waals surface area contributed by atoms with Gasteiger partial charge in [0.2, 0.25) is 0 Å². The second-order valence-corrected chi connectivity index (χ2v) is 7.17. The molecule has 0 radical (unpaired) electrons. The van der Waals surface area contributed by atoms with Crippen molar-refractivity contribution in [2.45, 2.75) is 37.5 Å². The molecule has 3 aromatic rings. The summed E-state index contributed by atoms with van der Waals surface area (Å²) in [6.45, 7) is 0. The molecule has 0 saturated carbocycles. The highest BCUT2D eigenvalue weighted by atomic mass is 19.1. The lowest BCUT2D eigenvalue weighted by Crippen LogP contribution is -2.42. The maximum Gasteiger partial charge on any atom is 0.174 e. The molecule has 2 saturated heterocycles. The number of nitrogens with one attached hydrogen (secondary N) is 1. The van der Waals surface area contributed by atoms with E-state index in [0.717, 1.165) is 29.2 Å². The van der Waals surface area contributed by atoms with Gasteiger partial charge in [0.25, 0.3) is 0 Å². The van der Waals surface area contributed by atoms with Crippen molar-refractivity contribution in [2.24, 2.45) is 0 Å². The molecular weight excluding hydrogens is 345 g/mol. The number of phenols is 1. The molecule has 2 fully saturated rings. The van der Waals surface area contributed by atoms with E-state index in [1.54, 1.807) is 30.7 Å². The number of hydrogen-bond donors (Lipinski definition) is 2. The first kappa shape index (κ1) is 16.3. The number of nitrogens with zero attached hydrogens (tertiary/aromatic N) is 4. The zero-order valence-electron chi connectivity index (χ0n) is 14.5. The van der Waals surface area contributed by atoms with Crippen LogP contribution >= 0.6 is 0 Å². The third-order valence-corrected chi connectivity index (χ3v) is 5.39. The molecule has 3 atom stereocenters. The number of benzene rings is 1. The highest BCUT2D eigenvalue weighted by Gasteiger charge is 2.38. The third kappa shape index (κ3) is 2.94. The summed E-state index contributed by atoms with van der Waals surface area (Å²) in [5.74, 6) is 0.485. The number of piperidine rings is 1. The predicted octanol–water partition coefficient (Wildman–Crippen LogP) is 3.04. The average molecular weight is 363 g/mol. The summed E-state index contributed by atoms with van der Waals surface area (Å²) < 4.78 is 14.5. The molecule has 7 heteroatoms. The minimum atomic E-state index is -0.995. The summed E-state index contributed by atoms with van der Waals surface area (Å²) in [4.78, 5) is 8.37. The van der Waals surface area contributed by atoms with Gasteiger partial charge < -0.3 is 10.4 Å². The van der Waals surface area contributed by atoms with E-state index in [-0.39, 0.29) is 11.8 Å². The third-order valence-electron chi connectivity index (χ3n) is 5.39. The van der Waals surface area contributed by atoms with Gasteiger partial charge in [-0.05, 0) is 54.5 Å². The van der Waals surface area contributed by atoms with E-state index >= 15 is 0 Å². The number of pyridine rings is 1. The molecular formula is C20H18FN5O. The van der Waals surface area contributed by atoms with Crippen LogP contribution < -0.4 is 5.32 Å². The molecule has 27 heavy (non-hydrogen) atoms. The van der Waals surface area contributed by atoms with E-state index in [9.17, 15) is 9.50 Å².